The fraction of sp³-hybridized carbons (Fsp3) is 0.478. The van der Waals surface area contributed by atoms with Crippen LogP contribution in [0.4, 0.5) is 0 Å². The van der Waals surface area contributed by atoms with Crippen molar-refractivity contribution >= 4 is 10.0 Å². The maximum atomic E-state index is 13.0. The Morgan fingerprint density at radius 2 is 1.41 bits per heavy atom. The summed E-state index contributed by atoms with van der Waals surface area (Å²) >= 11 is 0. The van der Waals surface area contributed by atoms with Crippen LogP contribution in [-0.2, 0) is 16.4 Å². The number of nitrogens with zero attached hydrogens (tertiary/aromatic N) is 1. The van der Waals surface area contributed by atoms with Crippen LogP contribution in [0.2, 0.25) is 0 Å². The van der Waals surface area contributed by atoms with E-state index in [1.807, 2.05) is 58.0 Å². The monoisotopic (exact) mass is 423 g/mol. The Morgan fingerprint density at radius 1 is 0.931 bits per heavy atom. The van der Waals surface area contributed by atoms with Crippen molar-refractivity contribution < 1.29 is 19.3 Å². The van der Waals surface area contributed by atoms with E-state index in [-0.39, 0.29) is 30.8 Å². The molecule has 0 heterocycles. The molecule has 0 aliphatic heterocycles. The number of quaternary nitrogens is 1. The first-order valence-corrected chi connectivity index (χ1v) is 11.3. The largest absolute Gasteiger partial charge is 0.386 e. The molecule has 6 heteroatoms. The molecule has 164 valence electrons. The van der Waals surface area contributed by atoms with Gasteiger partial charge in [-0.1, -0.05) is 83.7 Å². The van der Waals surface area contributed by atoms with E-state index in [0.717, 1.165) is 5.56 Å². The maximum absolute atomic E-state index is 13.0. The third kappa shape index (κ3) is 8.66. The highest BCUT2D eigenvalue weighted by atomic mass is 32.2. The average Bonchev–Trinajstić information content (AvgIpc) is 2.70. The molecule has 2 aromatic carbocycles. The van der Waals surface area contributed by atoms with Gasteiger partial charge in [0.25, 0.3) is 0 Å². The Kier molecular flexibility index (Phi) is 12.7. The van der Waals surface area contributed by atoms with E-state index in [2.05, 4.69) is 5.73 Å². The van der Waals surface area contributed by atoms with Crippen molar-refractivity contribution in [2.45, 2.75) is 58.6 Å². The highest BCUT2D eigenvalue weighted by molar-refractivity contribution is 7.89. The molecule has 0 saturated carbocycles. The van der Waals surface area contributed by atoms with Crippen LogP contribution in [0.1, 0.15) is 40.7 Å². The average molecular weight is 424 g/mol. The Labute approximate surface area is 177 Å². The van der Waals surface area contributed by atoms with Crippen LogP contribution in [-0.4, -0.2) is 43.1 Å². The summed E-state index contributed by atoms with van der Waals surface area (Å²) in [4.78, 5) is 0.247. The summed E-state index contributed by atoms with van der Waals surface area (Å²) in [7, 11) is -3.65. The van der Waals surface area contributed by atoms with Crippen LogP contribution in [0.15, 0.2) is 65.6 Å². The minimum Gasteiger partial charge on any atom is -0.386 e. The van der Waals surface area contributed by atoms with Crippen molar-refractivity contribution in [3.8, 4) is 0 Å². The zero-order valence-corrected chi connectivity index (χ0v) is 18.3. The first kappa shape index (κ1) is 27.3. The van der Waals surface area contributed by atoms with Gasteiger partial charge in [0.05, 0.1) is 4.90 Å². The minimum absolute atomic E-state index is 0. The second-order valence-corrected chi connectivity index (χ2v) is 8.98. The van der Waals surface area contributed by atoms with Gasteiger partial charge >= 0.3 is 0 Å². The Balaban J connectivity index is 0.00000253. The number of aliphatic hydroxyl groups is 1. The van der Waals surface area contributed by atoms with Crippen LogP contribution in [0.25, 0.3) is 0 Å². The number of hydrogen-bond acceptors (Lipinski definition) is 3. The van der Waals surface area contributed by atoms with E-state index in [9.17, 15) is 13.5 Å². The Hall–Kier alpha value is -1.73. The first-order chi connectivity index (χ1) is 13.3. The topological polar surface area (TPSA) is 85.2 Å². The molecule has 0 bridgehead atoms. The number of sulfonamides is 1. The molecule has 2 atom stereocenters. The zero-order chi connectivity index (χ0) is 21.2. The predicted octanol–water partition coefficient (Wildman–Crippen LogP) is 3.21. The number of hydrogen-bond donors (Lipinski definition) is 2. The molecular weight excluding hydrogens is 384 g/mol. The molecular formula is C23H39N2O3S+. The van der Waals surface area contributed by atoms with Crippen LogP contribution >= 0.6 is 0 Å². The minimum atomic E-state index is -3.65. The van der Waals surface area contributed by atoms with E-state index in [1.54, 1.807) is 30.3 Å². The highest BCUT2D eigenvalue weighted by Gasteiger charge is 2.30. The highest BCUT2D eigenvalue weighted by Crippen LogP contribution is 2.18. The van der Waals surface area contributed by atoms with Crippen molar-refractivity contribution in [2.75, 3.05) is 13.1 Å². The Morgan fingerprint density at radius 3 is 1.90 bits per heavy atom. The van der Waals surface area contributed by atoms with Crippen LogP contribution < -0.4 is 5.73 Å². The van der Waals surface area contributed by atoms with Crippen LogP contribution in [0.5, 0.6) is 0 Å². The lowest BCUT2D eigenvalue weighted by Crippen LogP contribution is -2.69. The van der Waals surface area contributed by atoms with E-state index in [4.69, 9.17) is 0 Å². The van der Waals surface area contributed by atoms with E-state index >= 15 is 0 Å². The first-order valence-electron chi connectivity index (χ1n) is 9.91. The summed E-state index contributed by atoms with van der Waals surface area (Å²) in [5.41, 5.74) is 5.13. The number of rotatable bonds is 9. The molecule has 29 heavy (non-hydrogen) atoms. The molecule has 0 aromatic heterocycles. The molecule has 0 radical (unpaired) electrons. The van der Waals surface area contributed by atoms with E-state index < -0.39 is 16.1 Å². The molecule has 0 aliphatic carbocycles. The number of aliphatic hydroxyl groups excluding tert-OH is 1. The summed E-state index contributed by atoms with van der Waals surface area (Å²) in [6.45, 7) is 8.32. The van der Waals surface area contributed by atoms with Crippen molar-refractivity contribution in [3.63, 3.8) is 0 Å². The summed E-state index contributed by atoms with van der Waals surface area (Å²) in [5.74, 6) is 0.151. The van der Waals surface area contributed by atoms with Gasteiger partial charge in [-0.3, -0.25) is 0 Å². The zero-order valence-electron chi connectivity index (χ0n) is 17.5. The third-order valence-electron chi connectivity index (χ3n) is 4.23. The van der Waals surface area contributed by atoms with Gasteiger partial charge in [0.2, 0.25) is 10.0 Å². The van der Waals surface area contributed by atoms with Gasteiger partial charge in [0.15, 0.2) is 0 Å². The van der Waals surface area contributed by atoms with Crippen molar-refractivity contribution in [1.82, 2.24) is 4.31 Å². The fourth-order valence-electron chi connectivity index (χ4n) is 2.83. The van der Waals surface area contributed by atoms with Gasteiger partial charge in [0.1, 0.15) is 12.1 Å². The summed E-state index contributed by atoms with van der Waals surface area (Å²) in [6, 6.07) is 17.9. The van der Waals surface area contributed by atoms with E-state index in [1.165, 1.54) is 4.31 Å². The lowest BCUT2D eigenvalue weighted by molar-refractivity contribution is -0.437. The molecule has 2 rings (SSSR count). The second-order valence-electron chi connectivity index (χ2n) is 7.05. The summed E-state index contributed by atoms with van der Waals surface area (Å²) in [6.07, 6.45) is -0.240. The lowest BCUT2D eigenvalue weighted by Gasteiger charge is -2.27. The molecule has 5 nitrogen and oxygen atoms in total. The third-order valence-corrected chi connectivity index (χ3v) is 6.07. The second kappa shape index (κ2) is 13.5. The van der Waals surface area contributed by atoms with Gasteiger partial charge < -0.3 is 10.8 Å². The maximum Gasteiger partial charge on any atom is 0.243 e. The van der Waals surface area contributed by atoms with Gasteiger partial charge in [-0.05, 0) is 23.6 Å². The Bertz CT molecular complexity index is 765. The normalized spacial score (nSPS) is 13.2. The lowest BCUT2D eigenvalue weighted by atomic mass is 10.0. The smallest absolute Gasteiger partial charge is 0.243 e. The van der Waals surface area contributed by atoms with Crippen molar-refractivity contribution in [3.05, 3.63) is 66.2 Å². The van der Waals surface area contributed by atoms with Gasteiger partial charge in [-0.15, -0.1) is 0 Å². The number of benzene rings is 2. The summed E-state index contributed by atoms with van der Waals surface area (Å²) < 4.78 is 27.3. The molecule has 0 amide bonds. The molecule has 2 aromatic rings. The fourth-order valence-corrected chi connectivity index (χ4v) is 4.47. The molecule has 0 spiro atoms. The molecule has 0 saturated heterocycles. The van der Waals surface area contributed by atoms with Crippen LogP contribution in [0.3, 0.4) is 0 Å². The van der Waals surface area contributed by atoms with Gasteiger partial charge in [0, 0.05) is 19.5 Å². The van der Waals surface area contributed by atoms with E-state index in [0.29, 0.717) is 13.0 Å². The van der Waals surface area contributed by atoms with Gasteiger partial charge in [-0.25, -0.2) is 8.42 Å². The molecule has 0 unspecified atom stereocenters. The standard InChI is InChI=1S/C20H28N2O3S.C2H6.CH4/c1-16(2)14-22(26(24,25)18-11-7-4-8-12-18)15-20(23)19(21)13-17-9-5-3-6-10-17;1-2;/h3-12,16,19-20,23H,13-15,21H2,1-2H3;1-2H3;1H4/p+1/t19-,20+;;/m0../s1. The van der Waals surface area contributed by atoms with Crippen LogP contribution in [0, 0.1) is 5.92 Å². The SMILES string of the molecule is C.CC.CC(C)CN(C[C@@H](O)[C@@H]([NH3+])Cc1ccccc1)S(=O)(=O)c1ccccc1. The predicted molar refractivity (Wildman–Crippen MR) is 121 cm³/mol. The quantitative estimate of drug-likeness (QED) is 0.649. The summed E-state index contributed by atoms with van der Waals surface area (Å²) in [5, 5.41) is 10.6. The molecule has 4 N–H and O–H groups in total. The molecule has 0 fully saturated rings. The van der Waals surface area contributed by atoms with Crippen molar-refractivity contribution in [1.29, 1.82) is 0 Å². The van der Waals surface area contributed by atoms with Crippen molar-refractivity contribution in [2.24, 2.45) is 5.92 Å². The van der Waals surface area contributed by atoms with Gasteiger partial charge in [-0.2, -0.15) is 4.31 Å². The molecule has 0 aliphatic rings.